The number of hydrogen-bond donors (Lipinski definition) is 1. The van der Waals surface area contributed by atoms with Gasteiger partial charge < -0.3 is 4.74 Å². The van der Waals surface area contributed by atoms with Crippen molar-refractivity contribution in [2.24, 2.45) is 0 Å². The lowest BCUT2D eigenvalue weighted by Gasteiger charge is -2.32. The van der Waals surface area contributed by atoms with Crippen molar-refractivity contribution in [2.75, 3.05) is 13.2 Å². The third kappa shape index (κ3) is 5.71. The van der Waals surface area contributed by atoms with E-state index in [1.165, 1.54) is 0 Å². The number of rotatable bonds is 8. The maximum absolute atomic E-state index is 12.3. The third-order valence-corrected chi connectivity index (χ3v) is 2.85. The maximum atomic E-state index is 12.3. The Morgan fingerprint density at radius 3 is 2.22 bits per heavy atom. The molecule has 0 fully saturated rings. The van der Waals surface area contributed by atoms with Gasteiger partial charge in [-0.2, -0.15) is 13.2 Å². The van der Waals surface area contributed by atoms with Crippen LogP contribution < -0.4 is 5.32 Å². The fraction of sp³-hybridized carbons (Fsp3) is 0.917. The summed E-state index contributed by atoms with van der Waals surface area (Å²) in [5.41, 5.74) is -1.22. The van der Waals surface area contributed by atoms with Crippen LogP contribution in [-0.4, -0.2) is 30.8 Å². The van der Waals surface area contributed by atoms with Gasteiger partial charge in [-0.05, 0) is 19.8 Å². The molecule has 0 aliphatic carbocycles. The molecule has 0 aromatic rings. The van der Waals surface area contributed by atoms with Crippen LogP contribution in [0.4, 0.5) is 13.2 Å². The zero-order chi connectivity index (χ0) is 14.2. The predicted octanol–water partition coefficient (Wildman–Crippen LogP) is 3.04. The van der Waals surface area contributed by atoms with Crippen LogP contribution in [0.5, 0.6) is 0 Å². The second-order valence-electron chi connectivity index (χ2n) is 4.23. The van der Waals surface area contributed by atoms with Crippen LogP contribution in [0.2, 0.25) is 0 Å². The number of carbonyl (C=O) groups is 1. The van der Waals surface area contributed by atoms with Crippen molar-refractivity contribution < 1.29 is 22.7 Å². The van der Waals surface area contributed by atoms with E-state index >= 15 is 0 Å². The molecule has 0 heterocycles. The lowest BCUT2D eigenvalue weighted by Crippen LogP contribution is -2.55. The highest BCUT2D eigenvalue weighted by molar-refractivity contribution is 5.80. The van der Waals surface area contributed by atoms with Gasteiger partial charge in [-0.15, -0.1) is 0 Å². The smallest absolute Gasteiger partial charge is 0.401 e. The molecule has 0 spiro atoms. The summed E-state index contributed by atoms with van der Waals surface area (Å²) in [6.45, 7) is 4.25. The van der Waals surface area contributed by atoms with Gasteiger partial charge in [-0.3, -0.25) is 10.1 Å². The van der Waals surface area contributed by atoms with Crippen molar-refractivity contribution >= 4 is 5.97 Å². The van der Waals surface area contributed by atoms with Crippen LogP contribution in [0.25, 0.3) is 0 Å². The number of hydrogen-bond acceptors (Lipinski definition) is 3. The van der Waals surface area contributed by atoms with E-state index in [1.54, 1.807) is 13.8 Å². The van der Waals surface area contributed by atoms with Crippen LogP contribution in [-0.2, 0) is 9.53 Å². The summed E-state index contributed by atoms with van der Waals surface area (Å²) >= 11 is 0. The van der Waals surface area contributed by atoms with E-state index in [2.05, 4.69) is 5.32 Å². The molecule has 0 amide bonds. The van der Waals surface area contributed by atoms with Gasteiger partial charge in [0.25, 0.3) is 0 Å². The Balaban J connectivity index is 4.80. The Bertz CT molecular complexity index is 256. The van der Waals surface area contributed by atoms with E-state index in [0.717, 1.165) is 6.42 Å². The predicted molar refractivity (Wildman–Crippen MR) is 63.2 cm³/mol. The summed E-state index contributed by atoms with van der Waals surface area (Å²) in [6.07, 6.45) is -2.21. The van der Waals surface area contributed by atoms with Gasteiger partial charge in [-0.25, -0.2) is 0 Å². The molecule has 1 atom stereocenters. The topological polar surface area (TPSA) is 38.3 Å². The number of alkyl halides is 3. The third-order valence-electron chi connectivity index (χ3n) is 2.85. The van der Waals surface area contributed by atoms with E-state index in [0.29, 0.717) is 12.8 Å². The summed E-state index contributed by atoms with van der Waals surface area (Å²) in [5.74, 6) is -0.592. The van der Waals surface area contributed by atoms with Gasteiger partial charge in [0.2, 0.25) is 0 Å². The summed E-state index contributed by atoms with van der Waals surface area (Å²) < 4.78 is 41.7. The molecule has 0 radical (unpaired) electrons. The monoisotopic (exact) mass is 269 g/mol. The molecule has 1 unspecified atom stereocenters. The zero-order valence-corrected chi connectivity index (χ0v) is 11.2. The number of esters is 1. The van der Waals surface area contributed by atoms with E-state index in [9.17, 15) is 18.0 Å². The van der Waals surface area contributed by atoms with Crippen LogP contribution in [0.1, 0.15) is 46.5 Å². The van der Waals surface area contributed by atoms with Crippen molar-refractivity contribution in [3.05, 3.63) is 0 Å². The lowest BCUT2D eigenvalue weighted by atomic mass is 9.89. The van der Waals surface area contributed by atoms with E-state index in [4.69, 9.17) is 4.74 Å². The van der Waals surface area contributed by atoms with E-state index in [1.807, 2.05) is 6.92 Å². The summed E-state index contributed by atoms with van der Waals surface area (Å²) in [6, 6.07) is 0. The first kappa shape index (κ1) is 17.2. The summed E-state index contributed by atoms with van der Waals surface area (Å²) in [5, 5.41) is 2.34. The first-order valence-corrected chi connectivity index (χ1v) is 6.30. The number of halogens is 3. The molecule has 6 heteroatoms. The highest BCUT2D eigenvalue weighted by atomic mass is 19.4. The van der Waals surface area contributed by atoms with Crippen molar-refractivity contribution in [2.45, 2.75) is 58.2 Å². The van der Waals surface area contributed by atoms with Crippen LogP contribution in [0, 0.1) is 0 Å². The quantitative estimate of drug-likeness (QED) is 0.688. The molecule has 0 aliphatic rings. The number of unbranched alkanes of at least 4 members (excludes halogenated alkanes) is 1. The first-order chi connectivity index (χ1) is 8.31. The average Bonchev–Trinajstić information content (AvgIpc) is 2.29. The molecule has 0 bridgehead atoms. The molecule has 0 saturated carbocycles. The van der Waals surface area contributed by atoms with Crippen molar-refractivity contribution in [3.63, 3.8) is 0 Å². The Kier molecular flexibility index (Phi) is 7.28. The molecule has 0 aromatic carbocycles. The van der Waals surface area contributed by atoms with E-state index in [-0.39, 0.29) is 13.0 Å². The average molecular weight is 269 g/mol. The van der Waals surface area contributed by atoms with Crippen molar-refractivity contribution in [3.8, 4) is 0 Å². The standard InChI is InChI=1S/C12H22F3NO2/c1-4-7-8-11(5-2,10(17)18-6-3)16-9-12(13,14)15/h16H,4-9H2,1-3H3. The number of ether oxygens (including phenoxy) is 1. The normalized spacial score (nSPS) is 15.2. The van der Waals surface area contributed by atoms with Gasteiger partial charge in [0, 0.05) is 0 Å². The molecular weight excluding hydrogens is 247 g/mol. The minimum absolute atomic E-state index is 0.167. The summed E-state index contributed by atoms with van der Waals surface area (Å²) in [4.78, 5) is 11.9. The van der Waals surface area contributed by atoms with Crippen LogP contribution >= 0.6 is 0 Å². The van der Waals surface area contributed by atoms with Crippen molar-refractivity contribution in [1.29, 1.82) is 0 Å². The Labute approximate surface area is 106 Å². The van der Waals surface area contributed by atoms with Gasteiger partial charge in [0.05, 0.1) is 13.2 Å². The second kappa shape index (κ2) is 7.61. The minimum Gasteiger partial charge on any atom is -0.465 e. The first-order valence-electron chi connectivity index (χ1n) is 6.30. The molecule has 1 N–H and O–H groups in total. The molecular formula is C12H22F3NO2. The number of nitrogens with one attached hydrogen (secondary N) is 1. The highest BCUT2D eigenvalue weighted by Gasteiger charge is 2.40. The van der Waals surface area contributed by atoms with Crippen molar-refractivity contribution in [1.82, 2.24) is 5.32 Å². The fourth-order valence-electron chi connectivity index (χ4n) is 1.73. The van der Waals surface area contributed by atoms with Gasteiger partial charge in [0.15, 0.2) is 0 Å². The highest BCUT2D eigenvalue weighted by Crippen LogP contribution is 2.23. The van der Waals surface area contributed by atoms with Gasteiger partial charge in [-0.1, -0.05) is 26.7 Å². The Morgan fingerprint density at radius 1 is 1.22 bits per heavy atom. The summed E-state index contributed by atoms with van der Waals surface area (Å²) in [7, 11) is 0. The minimum atomic E-state index is -4.33. The Morgan fingerprint density at radius 2 is 1.83 bits per heavy atom. The van der Waals surface area contributed by atoms with Crippen LogP contribution in [0.15, 0.2) is 0 Å². The molecule has 108 valence electrons. The molecule has 0 aliphatic heterocycles. The van der Waals surface area contributed by atoms with Gasteiger partial charge in [0.1, 0.15) is 5.54 Å². The lowest BCUT2D eigenvalue weighted by molar-refractivity contribution is -0.156. The maximum Gasteiger partial charge on any atom is 0.401 e. The van der Waals surface area contributed by atoms with E-state index < -0.39 is 24.2 Å². The largest absolute Gasteiger partial charge is 0.465 e. The van der Waals surface area contributed by atoms with Crippen LogP contribution in [0.3, 0.4) is 0 Å². The second-order valence-corrected chi connectivity index (χ2v) is 4.23. The zero-order valence-electron chi connectivity index (χ0n) is 11.2. The number of carbonyl (C=O) groups excluding carboxylic acids is 1. The fourth-order valence-corrected chi connectivity index (χ4v) is 1.73. The molecule has 18 heavy (non-hydrogen) atoms. The van der Waals surface area contributed by atoms with Gasteiger partial charge >= 0.3 is 12.1 Å². The Hall–Kier alpha value is -0.780. The molecule has 3 nitrogen and oxygen atoms in total. The SMILES string of the molecule is CCCCC(CC)(NCC(F)(F)F)C(=O)OCC. The molecule has 0 saturated heterocycles. The molecule has 0 rings (SSSR count). The molecule has 0 aromatic heterocycles.